The number of hydrazone groups is 1. The van der Waals surface area contributed by atoms with Gasteiger partial charge in [0.1, 0.15) is 5.75 Å². The van der Waals surface area contributed by atoms with Crippen molar-refractivity contribution in [2.45, 2.75) is 6.92 Å². The van der Waals surface area contributed by atoms with Gasteiger partial charge >= 0.3 is 0 Å². The van der Waals surface area contributed by atoms with Gasteiger partial charge in [0.15, 0.2) is 0 Å². The third-order valence-corrected chi connectivity index (χ3v) is 4.07. The number of benzene rings is 3. The Morgan fingerprint density at radius 3 is 2.58 bits per heavy atom. The van der Waals surface area contributed by atoms with Crippen LogP contribution in [0.3, 0.4) is 0 Å². The van der Waals surface area contributed by atoms with E-state index in [4.69, 9.17) is 4.74 Å². The van der Waals surface area contributed by atoms with Gasteiger partial charge in [0, 0.05) is 5.56 Å². The molecule has 0 aliphatic carbocycles. The lowest BCUT2D eigenvalue weighted by molar-refractivity contribution is -0.119. The van der Waals surface area contributed by atoms with Crippen molar-refractivity contribution in [1.82, 2.24) is 5.43 Å². The van der Waals surface area contributed by atoms with Crippen LogP contribution in [0.4, 0.5) is 5.69 Å². The van der Waals surface area contributed by atoms with E-state index in [0.717, 1.165) is 27.7 Å². The first-order chi connectivity index (χ1) is 12.7. The molecule has 0 aliphatic rings. The number of carbonyl (C=O) groups is 1. The molecule has 0 spiro atoms. The number of amides is 1. The second-order valence-corrected chi connectivity index (χ2v) is 5.81. The quantitative estimate of drug-likeness (QED) is 0.527. The molecule has 0 fully saturated rings. The minimum atomic E-state index is -0.226. The standard InChI is InChI=1S/C21H21N3O2/c1-15(17-11-7-9-16-8-3-4-10-18(16)17)23-24-21(25)14-22-19-12-5-6-13-20(19)26-2/h3-13,22H,14H2,1-2H3,(H,24,25). The van der Waals surface area contributed by atoms with Crippen molar-refractivity contribution in [3.63, 3.8) is 0 Å². The number of para-hydroxylation sites is 2. The van der Waals surface area contributed by atoms with E-state index in [-0.39, 0.29) is 12.5 Å². The largest absolute Gasteiger partial charge is 0.495 e. The molecular formula is C21H21N3O2. The molecule has 0 aromatic heterocycles. The van der Waals surface area contributed by atoms with E-state index in [2.05, 4.69) is 34.0 Å². The molecule has 0 saturated heterocycles. The van der Waals surface area contributed by atoms with Crippen molar-refractivity contribution in [2.24, 2.45) is 5.10 Å². The smallest absolute Gasteiger partial charge is 0.259 e. The normalized spacial score (nSPS) is 11.2. The Bertz CT molecular complexity index is 945. The summed E-state index contributed by atoms with van der Waals surface area (Å²) >= 11 is 0. The molecule has 5 nitrogen and oxygen atoms in total. The van der Waals surface area contributed by atoms with E-state index >= 15 is 0 Å². The van der Waals surface area contributed by atoms with E-state index in [1.807, 2.05) is 55.5 Å². The highest BCUT2D eigenvalue weighted by molar-refractivity contribution is 6.09. The lowest BCUT2D eigenvalue weighted by Crippen LogP contribution is -2.26. The number of carbonyl (C=O) groups excluding carboxylic acids is 1. The van der Waals surface area contributed by atoms with Crippen molar-refractivity contribution in [3.8, 4) is 5.75 Å². The van der Waals surface area contributed by atoms with Crippen LogP contribution in [-0.2, 0) is 4.79 Å². The number of hydrogen-bond acceptors (Lipinski definition) is 4. The van der Waals surface area contributed by atoms with Crippen LogP contribution in [0, 0.1) is 0 Å². The predicted molar refractivity (Wildman–Crippen MR) is 106 cm³/mol. The Labute approximate surface area is 152 Å². The minimum Gasteiger partial charge on any atom is -0.495 e. The molecule has 0 bridgehead atoms. The minimum absolute atomic E-state index is 0.104. The zero-order chi connectivity index (χ0) is 18.4. The van der Waals surface area contributed by atoms with Gasteiger partial charge in [-0.25, -0.2) is 5.43 Å². The van der Waals surface area contributed by atoms with Gasteiger partial charge in [-0.3, -0.25) is 4.79 Å². The maximum Gasteiger partial charge on any atom is 0.259 e. The van der Waals surface area contributed by atoms with Crippen molar-refractivity contribution in [1.29, 1.82) is 0 Å². The fraction of sp³-hybridized carbons (Fsp3) is 0.143. The average Bonchev–Trinajstić information content (AvgIpc) is 2.70. The molecule has 0 heterocycles. The van der Waals surface area contributed by atoms with Gasteiger partial charge in [-0.1, -0.05) is 54.6 Å². The van der Waals surface area contributed by atoms with E-state index in [1.54, 1.807) is 7.11 Å². The van der Waals surface area contributed by atoms with Crippen LogP contribution >= 0.6 is 0 Å². The summed E-state index contributed by atoms with van der Waals surface area (Å²) in [6.45, 7) is 1.99. The molecule has 0 aliphatic heterocycles. The first-order valence-corrected chi connectivity index (χ1v) is 8.37. The summed E-state index contributed by atoms with van der Waals surface area (Å²) in [4.78, 5) is 12.1. The highest BCUT2D eigenvalue weighted by Gasteiger charge is 2.06. The molecule has 2 N–H and O–H groups in total. The number of hydrogen-bond donors (Lipinski definition) is 2. The van der Waals surface area contributed by atoms with E-state index in [1.165, 1.54) is 0 Å². The van der Waals surface area contributed by atoms with Crippen molar-refractivity contribution >= 4 is 28.1 Å². The first-order valence-electron chi connectivity index (χ1n) is 8.37. The number of ether oxygens (including phenoxy) is 1. The van der Waals surface area contributed by atoms with E-state index < -0.39 is 0 Å². The van der Waals surface area contributed by atoms with Gasteiger partial charge in [-0.05, 0) is 29.8 Å². The van der Waals surface area contributed by atoms with Crippen molar-refractivity contribution < 1.29 is 9.53 Å². The van der Waals surface area contributed by atoms with Crippen LogP contribution in [0.1, 0.15) is 12.5 Å². The summed E-state index contributed by atoms with van der Waals surface area (Å²) in [7, 11) is 1.60. The molecule has 3 aromatic rings. The SMILES string of the molecule is COc1ccccc1NCC(=O)NN=C(C)c1cccc2ccccc12. The molecule has 0 radical (unpaired) electrons. The van der Waals surface area contributed by atoms with Gasteiger partial charge in [0.2, 0.25) is 0 Å². The summed E-state index contributed by atoms with van der Waals surface area (Å²) in [5, 5.41) is 9.55. The molecule has 5 heteroatoms. The number of nitrogens with zero attached hydrogens (tertiary/aromatic N) is 1. The van der Waals surface area contributed by atoms with Gasteiger partial charge < -0.3 is 10.1 Å². The summed E-state index contributed by atoms with van der Waals surface area (Å²) in [6.07, 6.45) is 0. The highest BCUT2D eigenvalue weighted by atomic mass is 16.5. The second kappa shape index (κ2) is 8.16. The number of fused-ring (bicyclic) bond motifs is 1. The summed E-state index contributed by atoms with van der Waals surface area (Å²) in [5.74, 6) is 0.464. The molecule has 3 aromatic carbocycles. The fourth-order valence-electron chi connectivity index (χ4n) is 2.75. The number of nitrogens with one attached hydrogen (secondary N) is 2. The number of anilines is 1. The molecular weight excluding hydrogens is 326 g/mol. The van der Waals surface area contributed by atoms with Gasteiger partial charge in [0.25, 0.3) is 5.91 Å². The third-order valence-electron chi connectivity index (χ3n) is 4.07. The molecule has 1 amide bonds. The second-order valence-electron chi connectivity index (χ2n) is 5.81. The van der Waals surface area contributed by atoms with Crippen LogP contribution in [-0.4, -0.2) is 25.3 Å². The molecule has 0 unspecified atom stereocenters. The molecule has 0 saturated carbocycles. The summed E-state index contributed by atoms with van der Waals surface area (Å²) < 4.78 is 5.25. The fourth-order valence-corrected chi connectivity index (χ4v) is 2.75. The lowest BCUT2D eigenvalue weighted by atomic mass is 10.0. The molecule has 132 valence electrons. The monoisotopic (exact) mass is 347 g/mol. The van der Waals surface area contributed by atoms with Crippen LogP contribution in [0.25, 0.3) is 10.8 Å². The number of rotatable bonds is 6. The zero-order valence-electron chi connectivity index (χ0n) is 14.8. The Kier molecular flexibility index (Phi) is 5.49. The van der Waals surface area contributed by atoms with Crippen molar-refractivity contribution in [3.05, 3.63) is 72.3 Å². The van der Waals surface area contributed by atoms with E-state index in [0.29, 0.717) is 5.75 Å². The molecule has 3 rings (SSSR count). The molecule has 26 heavy (non-hydrogen) atoms. The zero-order valence-corrected chi connectivity index (χ0v) is 14.8. The molecule has 0 atom stereocenters. The van der Waals surface area contributed by atoms with Crippen LogP contribution in [0.15, 0.2) is 71.8 Å². The maximum absolute atomic E-state index is 12.1. The van der Waals surface area contributed by atoms with Gasteiger partial charge in [-0.2, -0.15) is 5.10 Å². The Morgan fingerprint density at radius 2 is 1.73 bits per heavy atom. The topological polar surface area (TPSA) is 62.7 Å². The highest BCUT2D eigenvalue weighted by Crippen LogP contribution is 2.22. The van der Waals surface area contributed by atoms with Crippen LogP contribution in [0.2, 0.25) is 0 Å². The maximum atomic E-state index is 12.1. The third kappa shape index (κ3) is 4.00. The Balaban J connectivity index is 1.66. The lowest BCUT2D eigenvalue weighted by Gasteiger charge is -2.10. The van der Waals surface area contributed by atoms with Crippen LogP contribution < -0.4 is 15.5 Å². The average molecular weight is 347 g/mol. The number of methoxy groups -OCH3 is 1. The first kappa shape index (κ1) is 17.5. The van der Waals surface area contributed by atoms with Crippen LogP contribution in [0.5, 0.6) is 5.75 Å². The van der Waals surface area contributed by atoms with E-state index in [9.17, 15) is 4.79 Å². The van der Waals surface area contributed by atoms with Gasteiger partial charge in [0.05, 0.1) is 25.1 Å². The predicted octanol–water partition coefficient (Wildman–Crippen LogP) is 3.80. The summed E-state index contributed by atoms with van der Waals surface area (Å²) in [6, 6.07) is 21.6. The van der Waals surface area contributed by atoms with Gasteiger partial charge in [-0.15, -0.1) is 0 Å². The van der Waals surface area contributed by atoms with Crippen molar-refractivity contribution in [2.75, 3.05) is 19.0 Å². The Morgan fingerprint density at radius 1 is 1.00 bits per heavy atom. The summed E-state index contributed by atoms with van der Waals surface area (Å²) in [5.41, 5.74) is 5.12. The Hall–Kier alpha value is -3.34.